The number of allylic oxidation sites excluding steroid dienone is 1. The molecule has 19 heavy (non-hydrogen) atoms. The summed E-state index contributed by atoms with van der Waals surface area (Å²) in [7, 11) is 0. The normalized spacial score (nSPS) is 20.5. The molecule has 0 aliphatic carbocycles. The number of rotatable bonds is 3. The summed E-state index contributed by atoms with van der Waals surface area (Å²) in [6.07, 6.45) is 6.23. The first-order valence-electron chi connectivity index (χ1n) is 7.17. The molecular formula is C17H23NO. The van der Waals surface area contributed by atoms with Gasteiger partial charge in [-0.1, -0.05) is 38.1 Å². The number of hydrogen-bond acceptors (Lipinski definition) is 1. The Bertz CT molecular complexity index is 459. The van der Waals surface area contributed by atoms with Crippen LogP contribution in [-0.4, -0.2) is 12.5 Å². The van der Waals surface area contributed by atoms with Crippen LogP contribution in [0.15, 0.2) is 30.3 Å². The first-order chi connectivity index (χ1) is 9.13. The van der Waals surface area contributed by atoms with Gasteiger partial charge in [-0.15, -0.1) is 0 Å². The highest BCUT2D eigenvalue weighted by molar-refractivity contribution is 5.95. The van der Waals surface area contributed by atoms with Crippen molar-refractivity contribution >= 4 is 17.7 Å². The summed E-state index contributed by atoms with van der Waals surface area (Å²) < 4.78 is 0. The lowest BCUT2D eigenvalue weighted by molar-refractivity contribution is -0.125. The van der Waals surface area contributed by atoms with Crippen LogP contribution in [0.5, 0.6) is 0 Å². The van der Waals surface area contributed by atoms with E-state index < -0.39 is 0 Å². The van der Waals surface area contributed by atoms with Gasteiger partial charge in [-0.3, -0.25) is 4.79 Å². The summed E-state index contributed by atoms with van der Waals surface area (Å²) in [6, 6.07) is 8.25. The van der Waals surface area contributed by atoms with Crippen LogP contribution in [0.25, 0.3) is 6.08 Å². The van der Waals surface area contributed by atoms with Gasteiger partial charge in [-0.25, -0.2) is 0 Å². The minimum Gasteiger partial charge on any atom is -0.312 e. The molecule has 0 saturated carbocycles. The van der Waals surface area contributed by atoms with Crippen LogP contribution in [0.4, 0.5) is 5.69 Å². The van der Waals surface area contributed by atoms with Gasteiger partial charge < -0.3 is 4.90 Å². The Balaban J connectivity index is 2.18. The van der Waals surface area contributed by atoms with Crippen LogP contribution in [-0.2, 0) is 4.79 Å². The van der Waals surface area contributed by atoms with Crippen LogP contribution in [0.3, 0.4) is 0 Å². The zero-order valence-electron chi connectivity index (χ0n) is 12.1. The van der Waals surface area contributed by atoms with E-state index >= 15 is 0 Å². The van der Waals surface area contributed by atoms with Crippen molar-refractivity contribution in [3.05, 3.63) is 35.9 Å². The Morgan fingerprint density at radius 3 is 2.53 bits per heavy atom. The average Bonchev–Trinajstić information content (AvgIpc) is 2.40. The van der Waals surface area contributed by atoms with Crippen molar-refractivity contribution in [3.63, 3.8) is 0 Å². The van der Waals surface area contributed by atoms with Crippen molar-refractivity contribution < 1.29 is 4.79 Å². The quantitative estimate of drug-likeness (QED) is 0.797. The van der Waals surface area contributed by atoms with E-state index in [0.29, 0.717) is 11.8 Å². The second-order valence-electron chi connectivity index (χ2n) is 5.57. The van der Waals surface area contributed by atoms with Gasteiger partial charge in [0.15, 0.2) is 0 Å². The van der Waals surface area contributed by atoms with E-state index in [4.69, 9.17) is 0 Å². The number of hydrogen-bond donors (Lipinski definition) is 0. The van der Waals surface area contributed by atoms with Crippen molar-refractivity contribution in [1.82, 2.24) is 0 Å². The maximum atomic E-state index is 12.5. The molecule has 0 radical (unpaired) electrons. The minimum atomic E-state index is 0.184. The van der Waals surface area contributed by atoms with E-state index in [1.807, 2.05) is 17.9 Å². The monoisotopic (exact) mass is 257 g/mol. The molecule has 1 atom stereocenters. The Hall–Kier alpha value is -1.57. The van der Waals surface area contributed by atoms with E-state index in [0.717, 1.165) is 25.1 Å². The SMILES string of the molecule is C/C=C/c1ccc(N2CCCC(C(C)C)C2=O)cc1. The van der Waals surface area contributed by atoms with Crippen molar-refractivity contribution in [2.24, 2.45) is 11.8 Å². The van der Waals surface area contributed by atoms with Crippen molar-refractivity contribution in [2.75, 3.05) is 11.4 Å². The van der Waals surface area contributed by atoms with Gasteiger partial charge in [0.1, 0.15) is 0 Å². The molecule has 1 unspecified atom stereocenters. The molecule has 1 aromatic rings. The average molecular weight is 257 g/mol. The van der Waals surface area contributed by atoms with E-state index in [9.17, 15) is 4.79 Å². The third kappa shape index (κ3) is 3.06. The molecule has 1 aliphatic heterocycles. The summed E-state index contributed by atoms with van der Waals surface area (Å²) in [4.78, 5) is 14.4. The fourth-order valence-corrected chi connectivity index (χ4v) is 2.74. The Kier molecular flexibility index (Phi) is 4.41. The molecule has 2 nitrogen and oxygen atoms in total. The third-order valence-electron chi connectivity index (χ3n) is 3.85. The summed E-state index contributed by atoms with van der Waals surface area (Å²) in [5.41, 5.74) is 2.21. The molecule has 2 heteroatoms. The second-order valence-corrected chi connectivity index (χ2v) is 5.57. The van der Waals surface area contributed by atoms with Gasteiger partial charge >= 0.3 is 0 Å². The van der Waals surface area contributed by atoms with Gasteiger partial charge in [0, 0.05) is 18.2 Å². The van der Waals surface area contributed by atoms with Gasteiger partial charge in [0.05, 0.1) is 0 Å². The molecule has 1 amide bonds. The Morgan fingerprint density at radius 1 is 1.26 bits per heavy atom. The minimum absolute atomic E-state index is 0.184. The molecule has 1 heterocycles. The molecule has 1 aromatic carbocycles. The fourth-order valence-electron chi connectivity index (χ4n) is 2.74. The summed E-state index contributed by atoms with van der Waals surface area (Å²) in [5.74, 6) is 0.904. The second kappa shape index (κ2) is 6.05. The standard InChI is InChI=1S/C17H23NO/c1-4-6-14-8-10-15(11-9-14)18-12-5-7-16(13(2)3)17(18)19/h4,6,8-11,13,16H,5,7,12H2,1-3H3/b6-4+. The molecule has 1 saturated heterocycles. The number of anilines is 1. The van der Waals surface area contributed by atoms with Crippen LogP contribution < -0.4 is 4.90 Å². The van der Waals surface area contributed by atoms with Crippen LogP contribution in [0, 0.1) is 11.8 Å². The predicted octanol–water partition coefficient (Wildman–Crippen LogP) is 4.12. The topological polar surface area (TPSA) is 20.3 Å². The molecule has 0 bridgehead atoms. The van der Waals surface area contributed by atoms with Crippen LogP contribution in [0.1, 0.15) is 39.2 Å². The number of carbonyl (C=O) groups is 1. The van der Waals surface area contributed by atoms with Crippen LogP contribution in [0.2, 0.25) is 0 Å². The fraction of sp³-hybridized carbons (Fsp3) is 0.471. The molecule has 2 rings (SSSR count). The van der Waals surface area contributed by atoms with Gasteiger partial charge in [-0.05, 0) is 43.4 Å². The number of amides is 1. The molecule has 0 aromatic heterocycles. The number of piperidine rings is 1. The van der Waals surface area contributed by atoms with Crippen molar-refractivity contribution in [1.29, 1.82) is 0 Å². The molecule has 1 aliphatic rings. The largest absolute Gasteiger partial charge is 0.312 e. The zero-order chi connectivity index (χ0) is 13.8. The molecule has 102 valence electrons. The lowest BCUT2D eigenvalue weighted by Crippen LogP contribution is -2.43. The van der Waals surface area contributed by atoms with E-state index in [1.165, 1.54) is 5.56 Å². The molecular weight excluding hydrogens is 234 g/mol. The summed E-state index contributed by atoms with van der Waals surface area (Å²) >= 11 is 0. The lowest BCUT2D eigenvalue weighted by atomic mass is 9.87. The molecule has 0 spiro atoms. The number of benzene rings is 1. The third-order valence-corrected chi connectivity index (χ3v) is 3.85. The van der Waals surface area contributed by atoms with Crippen molar-refractivity contribution in [2.45, 2.75) is 33.6 Å². The van der Waals surface area contributed by atoms with E-state index in [2.05, 4.69) is 44.2 Å². The highest BCUT2D eigenvalue weighted by Gasteiger charge is 2.31. The highest BCUT2D eigenvalue weighted by Crippen LogP contribution is 2.29. The highest BCUT2D eigenvalue weighted by atomic mass is 16.2. The molecule has 0 N–H and O–H groups in total. The van der Waals surface area contributed by atoms with Gasteiger partial charge in [-0.2, -0.15) is 0 Å². The van der Waals surface area contributed by atoms with E-state index in [-0.39, 0.29) is 5.92 Å². The Morgan fingerprint density at radius 2 is 1.95 bits per heavy atom. The van der Waals surface area contributed by atoms with Crippen LogP contribution >= 0.6 is 0 Å². The zero-order valence-corrected chi connectivity index (χ0v) is 12.1. The van der Waals surface area contributed by atoms with E-state index in [1.54, 1.807) is 0 Å². The lowest BCUT2D eigenvalue weighted by Gasteiger charge is -2.34. The summed E-state index contributed by atoms with van der Waals surface area (Å²) in [6.45, 7) is 7.14. The van der Waals surface area contributed by atoms with Gasteiger partial charge in [0.25, 0.3) is 0 Å². The first-order valence-corrected chi connectivity index (χ1v) is 7.17. The first kappa shape index (κ1) is 13.9. The Labute approximate surface area is 116 Å². The number of carbonyl (C=O) groups excluding carboxylic acids is 1. The van der Waals surface area contributed by atoms with Crippen molar-refractivity contribution in [3.8, 4) is 0 Å². The maximum Gasteiger partial charge on any atom is 0.230 e. The van der Waals surface area contributed by atoms with Gasteiger partial charge in [0.2, 0.25) is 5.91 Å². The number of nitrogens with zero attached hydrogens (tertiary/aromatic N) is 1. The maximum absolute atomic E-state index is 12.5. The summed E-state index contributed by atoms with van der Waals surface area (Å²) in [5, 5.41) is 0. The molecule has 1 fully saturated rings. The predicted molar refractivity (Wildman–Crippen MR) is 81.1 cm³/mol. The smallest absolute Gasteiger partial charge is 0.230 e.